The molecule has 3 atom stereocenters. The molecule has 14 heteroatoms. The maximum atomic E-state index is 12.9. The summed E-state index contributed by atoms with van der Waals surface area (Å²) in [5, 5.41) is 7.42. The van der Waals surface area contributed by atoms with Crippen LogP contribution in [-0.2, 0) is 24.3 Å². The summed E-state index contributed by atoms with van der Waals surface area (Å²) < 4.78 is 35.2. The number of amides is 2. The standard InChI is InChI=1S/C24H30N6O6S2/c1-15-10-29(11-16(2)36-15)21-7-5-6-18(25-21)20-14-37-24(27-20)28-23(32)19(13-35-3)26-22(31)17-8-9-30(12-17)38(4,33)34/h5-9,12,14-16,19H,10-11,13H2,1-4H3,(H,26,31)(H,27,28,32)/t15-,16?,19+/m0/s1. The number of nitrogens with one attached hydrogen (secondary N) is 2. The second kappa shape index (κ2) is 11.6. The van der Waals surface area contributed by atoms with E-state index in [2.05, 4.69) is 20.5 Å². The van der Waals surface area contributed by atoms with Crippen LogP contribution >= 0.6 is 11.3 Å². The molecule has 12 nitrogen and oxygen atoms in total. The quantitative estimate of drug-likeness (QED) is 0.399. The summed E-state index contributed by atoms with van der Waals surface area (Å²) in [5.41, 5.74) is 1.37. The van der Waals surface area contributed by atoms with Crippen LogP contribution < -0.4 is 15.5 Å². The number of hydrogen-bond donors (Lipinski definition) is 2. The smallest absolute Gasteiger partial charge is 0.253 e. The molecule has 1 fully saturated rings. The molecule has 0 bridgehead atoms. The molecule has 4 heterocycles. The molecule has 1 aliphatic rings. The first kappa shape index (κ1) is 27.7. The minimum absolute atomic E-state index is 0.0934. The number of anilines is 2. The third-order valence-corrected chi connectivity index (χ3v) is 7.49. The topological polar surface area (TPSA) is 145 Å². The molecule has 2 N–H and O–H groups in total. The zero-order chi connectivity index (χ0) is 27.4. The molecule has 0 radical (unpaired) electrons. The zero-order valence-electron chi connectivity index (χ0n) is 21.4. The number of rotatable bonds is 9. The molecule has 204 valence electrons. The highest BCUT2D eigenvalue weighted by molar-refractivity contribution is 7.89. The van der Waals surface area contributed by atoms with Crippen LogP contribution in [0, 0.1) is 0 Å². The van der Waals surface area contributed by atoms with Gasteiger partial charge in [-0.15, -0.1) is 11.3 Å². The lowest BCUT2D eigenvalue weighted by molar-refractivity contribution is -0.119. The van der Waals surface area contributed by atoms with Crippen molar-refractivity contribution in [1.29, 1.82) is 0 Å². The minimum Gasteiger partial charge on any atom is -0.382 e. The molecule has 1 saturated heterocycles. The maximum absolute atomic E-state index is 12.9. The monoisotopic (exact) mass is 562 g/mol. The van der Waals surface area contributed by atoms with Crippen LogP contribution in [0.5, 0.6) is 0 Å². The average Bonchev–Trinajstić information content (AvgIpc) is 3.53. The number of methoxy groups -OCH3 is 1. The third-order valence-electron chi connectivity index (χ3n) is 5.74. The van der Waals surface area contributed by atoms with Crippen molar-refractivity contribution in [3.8, 4) is 11.4 Å². The molecule has 3 aromatic heterocycles. The number of pyridine rings is 1. The van der Waals surface area contributed by atoms with Crippen molar-refractivity contribution in [3.05, 3.63) is 47.6 Å². The van der Waals surface area contributed by atoms with Crippen molar-refractivity contribution in [3.63, 3.8) is 0 Å². The molecule has 0 aromatic carbocycles. The van der Waals surface area contributed by atoms with Gasteiger partial charge in [-0.25, -0.2) is 18.4 Å². The van der Waals surface area contributed by atoms with Crippen molar-refractivity contribution >= 4 is 44.1 Å². The van der Waals surface area contributed by atoms with Crippen molar-refractivity contribution < 1.29 is 27.5 Å². The van der Waals surface area contributed by atoms with Gasteiger partial charge in [-0.05, 0) is 32.0 Å². The van der Waals surface area contributed by atoms with Crippen LogP contribution in [-0.4, -0.2) is 85.5 Å². The zero-order valence-corrected chi connectivity index (χ0v) is 23.1. The summed E-state index contributed by atoms with van der Waals surface area (Å²) in [6.45, 7) is 5.46. The van der Waals surface area contributed by atoms with Gasteiger partial charge in [0.15, 0.2) is 5.13 Å². The van der Waals surface area contributed by atoms with E-state index < -0.39 is 27.9 Å². The molecule has 0 saturated carbocycles. The first-order valence-corrected chi connectivity index (χ1v) is 14.6. The highest BCUT2D eigenvalue weighted by Gasteiger charge is 2.25. The van der Waals surface area contributed by atoms with Gasteiger partial charge in [-0.3, -0.25) is 13.6 Å². The Morgan fingerprint density at radius 1 is 1.18 bits per heavy atom. The number of aromatic nitrogens is 3. The molecule has 4 rings (SSSR count). The Labute approximate surface area is 225 Å². The predicted octanol–water partition coefficient (Wildman–Crippen LogP) is 1.81. The fraction of sp³-hybridized carbons (Fsp3) is 0.417. The molecule has 2 amide bonds. The van der Waals surface area contributed by atoms with E-state index >= 15 is 0 Å². The first-order valence-electron chi connectivity index (χ1n) is 11.9. The van der Waals surface area contributed by atoms with Crippen molar-refractivity contribution in [2.75, 3.05) is 43.3 Å². The first-order chi connectivity index (χ1) is 18.0. The molecule has 0 spiro atoms. The number of morpholine rings is 1. The van der Waals surface area contributed by atoms with Crippen LogP contribution in [0.25, 0.3) is 11.4 Å². The Bertz CT molecular complexity index is 1390. The van der Waals surface area contributed by atoms with Gasteiger partial charge in [0.25, 0.3) is 11.8 Å². The van der Waals surface area contributed by atoms with E-state index in [-0.39, 0.29) is 24.4 Å². The van der Waals surface area contributed by atoms with Crippen LogP contribution in [0.1, 0.15) is 24.2 Å². The Balaban J connectivity index is 1.43. The Hall–Kier alpha value is -3.33. The second-order valence-corrected chi connectivity index (χ2v) is 11.8. The number of carbonyl (C=O) groups is 2. The summed E-state index contributed by atoms with van der Waals surface area (Å²) in [4.78, 5) is 37.0. The van der Waals surface area contributed by atoms with Crippen LogP contribution in [0.15, 0.2) is 42.0 Å². The summed E-state index contributed by atoms with van der Waals surface area (Å²) in [7, 11) is -2.13. The Morgan fingerprint density at radius 3 is 2.58 bits per heavy atom. The van der Waals surface area contributed by atoms with Gasteiger partial charge >= 0.3 is 0 Å². The van der Waals surface area contributed by atoms with E-state index in [9.17, 15) is 18.0 Å². The highest BCUT2D eigenvalue weighted by atomic mass is 32.2. The summed E-state index contributed by atoms with van der Waals surface area (Å²) >= 11 is 1.23. The number of ether oxygens (including phenoxy) is 2. The van der Waals surface area contributed by atoms with E-state index in [1.807, 2.05) is 32.0 Å². The van der Waals surface area contributed by atoms with Gasteiger partial charge in [-0.1, -0.05) is 6.07 Å². The summed E-state index contributed by atoms with van der Waals surface area (Å²) in [6.07, 6.45) is 3.67. The number of nitrogens with zero attached hydrogens (tertiary/aromatic N) is 4. The normalized spacial score (nSPS) is 18.7. The van der Waals surface area contributed by atoms with E-state index in [1.54, 1.807) is 5.38 Å². The fourth-order valence-electron chi connectivity index (χ4n) is 4.06. The minimum atomic E-state index is -3.53. The molecule has 1 aliphatic heterocycles. The van der Waals surface area contributed by atoms with Gasteiger partial charge in [0, 0.05) is 38.0 Å². The fourth-order valence-corrected chi connectivity index (χ4v) is 5.35. The van der Waals surface area contributed by atoms with Crippen LogP contribution in [0.3, 0.4) is 0 Å². The molecular weight excluding hydrogens is 532 g/mol. The largest absolute Gasteiger partial charge is 0.382 e. The predicted molar refractivity (Wildman–Crippen MR) is 144 cm³/mol. The lowest BCUT2D eigenvalue weighted by Gasteiger charge is -2.36. The van der Waals surface area contributed by atoms with E-state index in [0.29, 0.717) is 16.5 Å². The molecule has 38 heavy (non-hydrogen) atoms. The number of carbonyl (C=O) groups excluding carboxylic acids is 2. The van der Waals surface area contributed by atoms with Crippen molar-refractivity contribution in [2.24, 2.45) is 0 Å². The molecule has 0 aliphatic carbocycles. The van der Waals surface area contributed by atoms with Gasteiger partial charge < -0.3 is 25.0 Å². The highest BCUT2D eigenvalue weighted by Crippen LogP contribution is 2.26. The lowest BCUT2D eigenvalue weighted by atomic mass is 10.2. The third kappa shape index (κ3) is 6.75. The summed E-state index contributed by atoms with van der Waals surface area (Å²) in [6, 6.07) is 6.04. The maximum Gasteiger partial charge on any atom is 0.253 e. The average molecular weight is 563 g/mol. The number of thiazole rings is 1. The van der Waals surface area contributed by atoms with Gasteiger partial charge in [-0.2, -0.15) is 0 Å². The van der Waals surface area contributed by atoms with Crippen LogP contribution in [0.2, 0.25) is 0 Å². The van der Waals surface area contributed by atoms with E-state index in [0.717, 1.165) is 29.1 Å². The van der Waals surface area contributed by atoms with Gasteiger partial charge in [0.2, 0.25) is 10.0 Å². The number of hydrogen-bond acceptors (Lipinski definition) is 10. The second-order valence-electron chi connectivity index (χ2n) is 9.04. The molecule has 3 aromatic rings. The van der Waals surface area contributed by atoms with Crippen molar-refractivity contribution in [1.82, 2.24) is 19.3 Å². The van der Waals surface area contributed by atoms with E-state index in [4.69, 9.17) is 14.5 Å². The molecular formula is C24H30N6O6S2. The van der Waals surface area contributed by atoms with Gasteiger partial charge in [0.1, 0.15) is 17.6 Å². The van der Waals surface area contributed by atoms with Crippen molar-refractivity contribution in [2.45, 2.75) is 32.1 Å². The Kier molecular flexibility index (Phi) is 8.45. The Morgan fingerprint density at radius 2 is 1.92 bits per heavy atom. The van der Waals surface area contributed by atoms with Gasteiger partial charge in [0.05, 0.1) is 36.3 Å². The summed E-state index contributed by atoms with van der Waals surface area (Å²) in [5.74, 6) is -0.311. The van der Waals surface area contributed by atoms with Crippen LogP contribution in [0.4, 0.5) is 10.9 Å². The SMILES string of the molecule is COC[C@@H](NC(=O)c1ccn(S(C)(=O)=O)c1)C(=O)Nc1nc(-c2cccc(N3CC(C)O[C@@H](C)C3)n2)cs1. The van der Waals surface area contributed by atoms with E-state index in [1.165, 1.54) is 36.9 Å². The molecule has 1 unspecified atom stereocenters. The lowest BCUT2D eigenvalue weighted by Crippen LogP contribution is -2.46.